The molecule has 0 amide bonds. The Hall–Kier alpha value is -0.120. The van der Waals surface area contributed by atoms with Crippen molar-refractivity contribution in [2.45, 2.75) is 155 Å². The summed E-state index contributed by atoms with van der Waals surface area (Å²) in [5.74, 6) is 4.94. The summed E-state index contributed by atoms with van der Waals surface area (Å²) in [5.41, 5.74) is 1.09. The number of hydrogen-bond donors (Lipinski definition) is 1. The number of fused-ring (bicyclic) bond motifs is 4. The first kappa shape index (κ1) is 27.1. The third-order valence-corrected chi connectivity index (χ3v) is 13.5. The maximum atomic E-state index is 11.2. The highest BCUT2D eigenvalue weighted by Gasteiger charge is 2.68. The van der Waals surface area contributed by atoms with Gasteiger partial charge in [0.15, 0.2) is 0 Å². The molecule has 6 saturated carbocycles. The second-order valence-electron chi connectivity index (χ2n) is 16.3. The van der Waals surface area contributed by atoms with Crippen molar-refractivity contribution in [3.05, 3.63) is 0 Å². The number of aliphatic hydroxyl groups excluding tert-OH is 1. The predicted molar refractivity (Wildman–Crippen MR) is 150 cm³/mol. The van der Waals surface area contributed by atoms with Crippen LogP contribution in [-0.4, -0.2) is 35.6 Å². The molecular formula is C34H58O3. The molecule has 2 spiro atoms. The molecule has 7 aliphatic rings. The molecule has 1 N–H and O–H groups in total. The standard InChI is InChI=1S/C34H58O3/c1-7-36-31(3,4)19-23-12-13-24-27(37-23)18-25-26-14-15-28-32(5,6)29(35)11-9-17-34(28)20-33(26,21-34)16-8-10-22(2)30(24)25/h22-30,35H,7-21H2,1-6H3. The minimum Gasteiger partial charge on any atom is -0.393 e. The summed E-state index contributed by atoms with van der Waals surface area (Å²) >= 11 is 0. The van der Waals surface area contributed by atoms with Crippen LogP contribution in [0.25, 0.3) is 0 Å². The monoisotopic (exact) mass is 514 g/mol. The lowest BCUT2D eigenvalue weighted by atomic mass is 9.41. The molecule has 0 aromatic rings. The molecule has 1 aliphatic heterocycles. The second kappa shape index (κ2) is 9.47. The van der Waals surface area contributed by atoms with Crippen molar-refractivity contribution < 1.29 is 14.6 Å². The molecule has 37 heavy (non-hydrogen) atoms. The Labute approximate surface area is 228 Å². The van der Waals surface area contributed by atoms with Gasteiger partial charge in [0.05, 0.1) is 23.9 Å². The average molecular weight is 515 g/mol. The van der Waals surface area contributed by atoms with Gasteiger partial charge in [0.25, 0.3) is 0 Å². The summed E-state index contributed by atoms with van der Waals surface area (Å²) in [6, 6.07) is 0. The van der Waals surface area contributed by atoms with Crippen molar-refractivity contribution in [1.29, 1.82) is 0 Å². The van der Waals surface area contributed by atoms with Gasteiger partial charge in [0.1, 0.15) is 0 Å². The van der Waals surface area contributed by atoms with Gasteiger partial charge in [-0.1, -0.05) is 40.0 Å². The summed E-state index contributed by atoms with van der Waals surface area (Å²) in [4.78, 5) is 0. The Bertz CT molecular complexity index is 825. The van der Waals surface area contributed by atoms with Crippen LogP contribution < -0.4 is 0 Å². The largest absolute Gasteiger partial charge is 0.393 e. The molecule has 0 aromatic carbocycles. The molecule has 6 aliphatic carbocycles. The van der Waals surface area contributed by atoms with E-state index in [4.69, 9.17) is 9.47 Å². The molecule has 212 valence electrons. The molecule has 0 radical (unpaired) electrons. The van der Waals surface area contributed by atoms with E-state index < -0.39 is 0 Å². The van der Waals surface area contributed by atoms with E-state index in [9.17, 15) is 5.11 Å². The lowest BCUT2D eigenvalue weighted by Crippen LogP contribution is -2.56. The van der Waals surface area contributed by atoms with E-state index in [2.05, 4.69) is 41.5 Å². The fourth-order valence-corrected chi connectivity index (χ4v) is 12.4. The lowest BCUT2D eigenvalue weighted by molar-refractivity contribution is -0.154. The molecule has 3 heteroatoms. The fraction of sp³-hybridized carbons (Fsp3) is 1.00. The average Bonchev–Trinajstić information content (AvgIpc) is 2.96. The van der Waals surface area contributed by atoms with Crippen molar-refractivity contribution in [3.63, 3.8) is 0 Å². The molecule has 3 nitrogen and oxygen atoms in total. The van der Waals surface area contributed by atoms with E-state index in [0.29, 0.717) is 29.0 Å². The minimum absolute atomic E-state index is 0.0672. The number of aliphatic hydroxyl groups is 1. The summed E-state index contributed by atoms with van der Waals surface area (Å²) in [6.45, 7) is 14.8. The van der Waals surface area contributed by atoms with Crippen LogP contribution in [0.5, 0.6) is 0 Å². The molecule has 1 saturated heterocycles. The summed E-state index contributed by atoms with van der Waals surface area (Å²) in [5, 5.41) is 11.2. The van der Waals surface area contributed by atoms with E-state index in [0.717, 1.165) is 49.0 Å². The Morgan fingerprint density at radius 3 is 2.41 bits per heavy atom. The Morgan fingerprint density at radius 2 is 1.65 bits per heavy atom. The summed E-state index contributed by atoms with van der Waals surface area (Å²) in [7, 11) is 0. The van der Waals surface area contributed by atoms with Gasteiger partial charge in [0.2, 0.25) is 0 Å². The van der Waals surface area contributed by atoms with E-state index in [-0.39, 0.29) is 17.1 Å². The van der Waals surface area contributed by atoms with Crippen LogP contribution in [0.4, 0.5) is 0 Å². The van der Waals surface area contributed by atoms with Gasteiger partial charge in [-0.3, -0.25) is 0 Å². The summed E-state index contributed by atoms with van der Waals surface area (Å²) in [6.07, 6.45) is 19.4. The van der Waals surface area contributed by atoms with Crippen molar-refractivity contribution in [3.8, 4) is 0 Å². The van der Waals surface area contributed by atoms with E-state index >= 15 is 0 Å². The maximum absolute atomic E-state index is 11.2. The lowest BCUT2D eigenvalue weighted by Gasteiger charge is -2.64. The van der Waals surface area contributed by atoms with Gasteiger partial charge in [-0.25, -0.2) is 0 Å². The number of hydrogen-bond acceptors (Lipinski definition) is 3. The van der Waals surface area contributed by atoms with E-state index in [1.165, 1.54) is 77.0 Å². The maximum Gasteiger partial charge on any atom is 0.0651 e. The number of ether oxygens (including phenoxy) is 2. The number of rotatable bonds is 4. The SMILES string of the molecule is CCOC(C)(C)CC1CCC2C(CC3C2C(C)CCCC24CC5(CCCC(O)C(C)(C)C5CCC32)C4)O1. The van der Waals surface area contributed by atoms with Crippen LogP contribution in [0.1, 0.15) is 131 Å². The first-order valence-electron chi connectivity index (χ1n) is 16.5. The molecular weight excluding hydrogens is 456 g/mol. The van der Waals surface area contributed by atoms with Crippen LogP contribution in [0.3, 0.4) is 0 Å². The van der Waals surface area contributed by atoms with Crippen molar-refractivity contribution in [1.82, 2.24) is 0 Å². The topological polar surface area (TPSA) is 38.7 Å². The first-order chi connectivity index (χ1) is 17.5. The zero-order valence-corrected chi connectivity index (χ0v) is 25.1. The van der Waals surface area contributed by atoms with Crippen LogP contribution in [-0.2, 0) is 9.47 Å². The Kier molecular flexibility index (Phi) is 6.93. The van der Waals surface area contributed by atoms with Crippen LogP contribution in [0.15, 0.2) is 0 Å². The molecule has 1 heterocycles. The third-order valence-electron chi connectivity index (χ3n) is 13.5. The van der Waals surface area contributed by atoms with Crippen LogP contribution >= 0.6 is 0 Å². The Balaban J connectivity index is 1.25. The van der Waals surface area contributed by atoms with Gasteiger partial charge in [-0.2, -0.15) is 0 Å². The van der Waals surface area contributed by atoms with Crippen LogP contribution in [0.2, 0.25) is 0 Å². The molecule has 7 fully saturated rings. The molecule has 9 unspecified atom stereocenters. The van der Waals surface area contributed by atoms with E-state index in [1.54, 1.807) is 0 Å². The molecule has 9 atom stereocenters. The second-order valence-corrected chi connectivity index (χ2v) is 16.3. The quantitative estimate of drug-likeness (QED) is 0.411. The molecule has 2 bridgehead atoms. The first-order valence-corrected chi connectivity index (χ1v) is 16.5. The van der Waals surface area contributed by atoms with Gasteiger partial charge in [-0.05, 0) is 137 Å². The zero-order chi connectivity index (χ0) is 26.2. The van der Waals surface area contributed by atoms with Crippen LogP contribution in [0, 0.1) is 51.8 Å². The van der Waals surface area contributed by atoms with E-state index in [1.807, 2.05) is 0 Å². The van der Waals surface area contributed by atoms with Gasteiger partial charge in [0, 0.05) is 13.0 Å². The molecule has 0 aromatic heterocycles. The fourth-order valence-electron chi connectivity index (χ4n) is 12.4. The van der Waals surface area contributed by atoms with Crippen molar-refractivity contribution >= 4 is 0 Å². The predicted octanol–water partition coefficient (Wildman–Crippen LogP) is 8.18. The highest BCUT2D eigenvalue weighted by Crippen LogP contribution is 2.75. The minimum atomic E-state index is -0.118. The highest BCUT2D eigenvalue weighted by atomic mass is 16.5. The zero-order valence-electron chi connectivity index (χ0n) is 25.1. The Morgan fingerprint density at radius 1 is 0.919 bits per heavy atom. The van der Waals surface area contributed by atoms with Crippen molar-refractivity contribution in [2.24, 2.45) is 51.8 Å². The van der Waals surface area contributed by atoms with Crippen molar-refractivity contribution in [2.75, 3.05) is 6.61 Å². The van der Waals surface area contributed by atoms with Gasteiger partial charge in [-0.15, -0.1) is 0 Å². The normalized spacial score (nSPS) is 51.2. The third kappa shape index (κ3) is 4.39. The smallest absolute Gasteiger partial charge is 0.0651 e. The summed E-state index contributed by atoms with van der Waals surface area (Å²) < 4.78 is 13.1. The van der Waals surface area contributed by atoms with Gasteiger partial charge >= 0.3 is 0 Å². The van der Waals surface area contributed by atoms with Gasteiger partial charge < -0.3 is 14.6 Å². The molecule has 7 rings (SSSR count). The highest BCUT2D eigenvalue weighted by molar-refractivity contribution is 5.17.